The minimum Gasteiger partial charge on any atom is -0.480 e. The summed E-state index contributed by atoms with van der Waals surface area (Å²) in [4.78, 5) is 10.9. The van der Waals surface area contributed by atoms with Gasteiger partial charge in [-0.05, 0) is 25.1 Å². The first-order chi connectivity index (χ1) is 6.87. The molecule has 0 saturated heterocycles. The van der Waals surface area contributed by atoms with Gasteiger partial charge in [-0.2, -0.15) is 11.8 Å². The third-order valence-corrected chi connectivity index (χ3v) is 3.19. The van der Waals surface area contributed by atoms with Crippen molar-refractivity contribution in [3.05, 3.63) is 0 Å². The Morgan fingerprint density at radius 2 is 2.07 bits per heavy atom. The monoisotopic (exact) mass is 233 g/mol. The molecule has 0 aliphatic carbocycles. The number of hydrogen-bond donors (Lipinski definition) is 2. The number of carbonyl (C=O) groups is 1. The van der Waals surface area contributed by atoms with Gasteiger partial charge in [-0.1, -0.05) is 27.7 Å². The Morgan fingerprint density at radius 3 is 2.47 bits per heavy atom. The van der Waals surface area contributed by atoms with E-state index in [1.807, 2.05) is 18.7 Å². The molecule has 1 unspecified atom stereocenters. The maximum atomic E-state index is 10.9. The van der Waals surface area contributed by atoms with E-state index in [0.717, 1.165) is 18.7 Å². The molecule has 3 nitrogen and oxygen atoms in total. The summed E-state index contributed by atoms with van der Waals surface area (Å²) in [5.41, 5.74) is 0. The van der Waals surface area contributed by atoms with Crippen LogP contribution in [0, 0.1) is 0 Å². The van der Waals surface area contributed by atoms with Crippen LogP contribution in [0.1, 0.15) is 40.5 Å². The van der Waals surface area contributed by atoms with Crippen molar-refractivity contribution in [3.8, 4) is 0 Å². The van der Waals surface area contributed by atoms with Crippen LogP contribution in [0.25, 0.3) is 0 Å². The number of carboxylic acids is 1. The van der Waals surface area contributed by atoms with Crippen molar-refractivity contribution in [1.29, 1.82) is 0 Å². The molecule has 15 heavy (non-hydrogen) atoms. The standard InChI is InChI=1S/C11H23NO2S/c1-5-7-12-9(10(13)14)6-8-15-11(2,3)4/h9,12H,5-8H2,1-4H3,(H,13,14). The number of carboxylic acid groups (broad SMARTS) is 1. The van der Waals surface area contributed by atoms with Gasteiger partial charge in [0.05, 0.1) is 0 Å². The summed E-state index contributed by atoms with van der Waals surface area (Å²) in [6, 6.07) is -0.389. The fraction of sp³-hybridized carbons (Fsp3) is 0.909. The number of nitrogens with one attached hydrogen (secondary N) is 1. The van der Waals surface area contributed by atoms with Crippen LogP contribution < -0.4 is 5.32 Å². The molecular weight excluding hydrogens is 210 g/mol. The molecule has 0 radical (unpaired) electrons. The van der Waals surface area contributed by atoms with E-state index < -0.39 is 5.97 Å². The molecule has 0 heterocycles. The zero-order valence-electron chi connectivity index (χ0n) is 10.2. The molecule has 1 atom stereocenters. The average Bonchev–Trinajstić information content (AvgIpc) is 2.08. The van der Waals surface area contributed by atoms with E-state index in [1.54, 1.807) is 0 Å². The van der Waals surface area contributed by atoms with E-state index in [4.69, 9.17) is 5.11 Å². The Kier molecular flexibility index (Phi) is 7.02. The normalized spacial score (nSPS) is 13.9. The highest BCUT2D eigenvalue weighted by atomic mass is 32.2. The summed E-state index contributed by atoms with van der Waals surface area (Å²) >= 11 is 1.81. The summed E-state index contributed by atoms with van der Waals surface area (Å²) in [5.74, 6) is 0.148. The lowest BCUT2D eigenvalue weighted by Gasteiger charge is -2.19. The molecule has 2 N–H and O–H groups in total. The van der Waals surface area contributed by atoms with Crippen LogP contribution in [0.5, 0.6) is 0 Å². The Labute approximate surface area is 97.0 Å². The highest BCUT2D eigenvalue weighted by Crippen LogP contribution is 2.24. The quantitative estimate of drug-likeness (QED) is 0.709. The summed E-state index contributed by atoms with van der Waals surface area (Å²) in [6.07, 6.45) is 1.66. The minimum atomic E-state index is -0.738. The molecule has 0 amide bonds. The molecule has 0 aromatic rings. The van der Waals surface area contributed by atoms with Gasteiger partial charge < -0.3 is 10.4 Å². The van der Waals surface area contributed by atoms with Gasteiger partial charge in [0.15, 0.2) is 0 Å². The van der Waals surface area contributed by atoms with Crippen molar-refractivity contribution >= 4 is 17.7 Å². The fourth-order valence-corrected chi connectivity index (χ4v) is 2.08. The molecule has 0 bridgehead atoms. The second kappa shape index (κ2) is 7.12. The molecule has 0 aliphatic heterocycles. The zero-order chi connectivity index (χ0) is 11.9. The molecule has 90 valence electrons. The number of thioether (sulfide) groups is 1. The van der Waals surface area contributed by atoms with Crippen LogP contribution in [0.2, 0.25) is 0 Å². The summed E-state index contributed by atoms with van der Waals surface area (Å²) in [7, 11) is 0. The van der Waals surface area contributed by atoms with Crippen LogP contribution in [-0.2, 0) is 4.79 Å². The molecule has 0 spiro atoms. The highest BCUT2D eigenvalue weighted by molar-refractivity contribution is 8.00. The SMILES string of the molecule is CCCNC(CCSC(C)(C)C)C(=O)O. The van der Waals surface area contributed by atoms with Gasteiger partial charge in [-0.15, -0.1) is 0 Å². The summed E-state index contributed by atoms with van der Waals surface area (Å²) in [6.45, 7) is 9.25. The average molecular weight is 233 g/mol. The van der Waals surface area contributed by atoms with E-state index in [2.05, 4.69) is 26.1 Å². The lowest BCUT2D eigenvalue weighted by molar-refractivity contribution is -0.139. The lowest BCUT2D eigenvalue weighted by atomic mass is 10.2. The van der Waals surface area contributed by atoms with Crippen molar-refractivity contribution < 1.29 is 9.90 Å². The Bertz CT molecular complexity index is 190. The van der Waals surface area contributed by atoms with Gasteiger partial charge in [-0.25, -0.2) is 0 Å². The maximum Gasteiger partial charge on any atom is 0.320 e. The largest absolute Gasteiger partial charge is 0.480 e. The van der Waals surface area contributed by atoms with E-state index in [9.17, 15) is 4.79 Å². The number of rotatable bonds is 7. The van der Waals surface area contributed by atoms with E-state index in [1.165, 1.54) is 0 Å². The summed E-state index contributed by atoms with van der Waals surface area (Å²) < 4.78 is 0.216. The molecule has 4 heteroatoms. The molecule has 0 rings (SSSR count). The lowest BCUT2D eigenvalue weighted by Crippen LogP contribution is -2.37. The first kappa shape index (κ1) is 14.8. The Hall–Kier alpha value is -0.220. The predicted octanol–water partition coefficient (Wildman–Crippen LogP) is 2.36. The highest BCUT2D eigenvalue weighted by Gasteiger charge is 2.17. The number of hydrogen-bond acceptors (Lipinski definition) is 3. The van der Waals surface area contributed by atoms with Gasteiger partial charge in [0.1, 0.15) is 6.04 Å². The van der Waals surface area contributed by atoms with Crippen LogP contribution in [0.15, 0.2) is 0 Å². The van der Waals surface area contributed by atoms with E-state index in [-0.39, 0.29) is 10.8 Å². The summed E-state index contributed by atoms with van der Waals surface area (Å²) in [5, 5.41) is 12.0. The minimum absolute atomic E-state index is 0.216. The van der Waals surface area contributed by atoms with E-state index in [0.29, 0.717) is 6.42 Å². The van der Waals surface area contributed by atoms with Crippen molar-refractivity contribution in [2.45, 2.75) is 51.3 Å². The maximum absolute atomic E-state index is 10.9. The molecule has 0 saturated carbocycles. The third-order valence-electron chi connectivity index (χ3n) is 1.88. The molecule has 0 fully saturated rings. The van der Waals surface area contributed by atoms with Crippen LogP contribution in [-0.4, -0.2) is 34.2 Å². The van der Waals surface area contributed by atoms with Gasteiger partial charge in [0.25, 0.3) is 0 Å². The van der Waals surface area contributed by atoms with Crippen molar-refractivity contribution in [2.24, 2.45) is 0 Å². The van der Waals surface area contributed by atoms with Crippen molar-refractivity contribution in [3.63, 3.8) is 0 Å². The second-order valence-corrected chi connectivity index (χ2v) is 6.52. The molecule has 0 aromatic carbocycles. The van der Waals surface area contributed by atoms with Gasteiger partial charge in [-0.3, -0.25) is 4.79 Å². The first-order valence-corrected chi connectivity index (χ1v) is 6.45. The van der Waals surface area contributed by atoms with Gasteiger partial charge in [0, 0.05) is 4.75 Å². The van der Waals surface area contributed by atoms with Gasteiger partial charge >= 0.3 is 5.97 Å². The Morgan fingerprint density at radius 1 is 1.47 bits per heavy atom. The van der Waals surface area contributed by atoms with Crippen LogP contribution in [0.3, 0.4) is 0 Å². The van der Waals surface area contributed by atoms with Gasteiger partial charge in [0.2, 0.25) is 0 Å². The third kappa shape index (κ3) is 8.75. The zero-order valence-corrected chi connectivity index (χ0v) is 11.0. The van der Waals surface area contributed by atoms with Crippen LogP contribution >= 0.6 is 11.8 Å². The van der Waals surface area contributed by atoms with Crippen LogP contribution in [0.4, 0.5) is 0 Å². The molecule has 0 aliphatic rings. The number of aliphatic carboxylic acids is 1. The fourth-order valence-electron chi connectivity index (χ4n) is 1.11. The second-order valence-electron chi connectivity index (χ2n) is 4.59. The Balaban J connectivity index is 3.81. The van der Waals surface area contributed by atoms with E-state index >= 15 is 0 Å². The van der Waals surface area contributed by atoms with Crippen molar-refractivity contribution in [1.82, 2.24) is 5.32 Å². The molecule has 0 aromatic heterocycles. The smallest absolute Gasteiger partial charge is 0.320 e. The topological polar surface area (TPSA) is 49.3 Å². The van der Waals surface area contributed by atoms with Crippen molar-refractivity contribution in [2.75, 3.05) is 12.3 Å². The molecular formula is C11H23NO2S. The first-order valence-electron chi connectivity index (χ1n) is 5.47. The predicted molar refractivity (Wildman–Crippen MR) is 66.5 cm³/mol.